The van der Waals surface area contributed by atoms with E-state index in [2.05, 4.69) is 21.6 Å². The molecular formula is C28H26N4O3S2. The predicted molar refractivity (Wildman–Crippen MR) is 150 cm³/mol. The van der Waals surface area contributed by atoms with E-state index in [1.807, 2.05) is 73.0 Å². The van der Waals surface area contributed by atoms with Gasteiger partial charge in [-0.15, -0.1) is 21.5 Å². The van der Waals surface area contributed by atoms with Gasteiger partial charge in [-0.2, -0.15) is 0 Å². The second-order valence-corrected chi connectivity index (χ2v) is 10.6. The molecule has 0 saturated heterocycles. The molecule has 1 N–H and O–H groups in total. The van der Waals surface area contributed by atoms with Crippen molar-refractivity contribution in [1.29, 1.82) is 0 Å². The molecule has 0 saturated carbocycles. The van der Waals surface area contributed by atoms with E-state index in [9.17, 15) is 9.59 Å². The predicted octanol–water partition coefficient (Wildman–Crippen LogP) is 6.44. The van der Waals surface area contributed by atoms with Crippen molar-refractivity contribution in [2.75, 3.05) is 17.7 Å². The van der Waals surface area contributed by atoms with Crippen LogP contribution >= 0.6 is 23.1 Å². The highest BCUT2D eigenvalue weighted by molar-refractivity contribution is 7.99. The summed E-state index contributed by atoms with van der Waals surface area (Å²) < 4.78 is 7.30. The molecular weight excluding hydrogens is 504 g/mol. The van der Waals surface area contributed by atoms with Crippen LogP contribution in [0, 0.1) is 20.8 Å². The monoisotopic (exact) mass is 530 g/mol. The molecule has 5 rings (SSSR count). The van der Waals surface area contributed by atoms with Gasteiger partial charge in [-0.25, -0.2) is 4.79 Å². The lowest BCUT2D eigenvalue weighted by molar-refractivity contribution is -0.113. The minimum atomic E-state index is -0.453. The molecule has 0 radical (unpaired) electrons. The van der Waals surface area contributed by atoms with Crippen LogP contribution in [0.1, 0.15) is 34.0 Å². The van der Waals surface area contributed by atoms with Gasteiger partial charge in [-0.3, -0.25) is 9.20 Å². The summed E-state index contributed by atoms with van der Waals surface area (Å²) in [6, 6.07) is 16.1. The molecule has 37 heavy (non-hydrogen) atoms. The van der Waals surface area contributed by atoms with Crippen LogP contribution in [0.15, 0.2) is 59.1 Å². The number of thioether (sulfide) groups is 1. The lowest BCUT2D eigenvalue weighted by Gasteiger charge is -2.10. The van der Waals surface area contributed by atoms with Crippen molar-refractivity contribution in [1.82, 2.24) is 14.6 Å². The molecule has 9 heteroatoms. The number of aryl methyl sites for hydroxylation is 3. The molecule has 0 atom stereocenters. The lowest BCUT2D eigenvalue weighted by Crippen LogP contribution is -2.16. The maximum atomic E-state index is 13.0. The van der Waals surface area contributed by atoms with Gasteiger partial charge in [0, 0.05) is 16.3 Å². The molecule has 0 spiro atoms. The first-order chi connectivity index (χ1) is 17.9. The van der Waals surface area contributed by atoms with Crippen molar-refractivity contribution >= 4 is 56.5 Å². The van der Waals surface area contributed by atoms with Crippen LogP contribution in [0.5, 0.6) is 0 Å². The van der Waals surface area contributed by atoms with E-state index >= 15 is 0 Å². The van der Waals surface area contributed by atoms with E-state index in [0.717, 1.165) is 38.8 Å². The Labute approximate surface area is 222 Å². The number of benzene rings is 2. The number of carbonyl (C=O) groups excluding carboxylic acids is 2. The van der Waals surface area contributed by atoms with Gasteiger partial charge in [0.05, 0.1) is 17.9 Å². The van der Waals surface area contributed by atoms with Crippen LogP contribution in [-0.2, 0) is 9.53 Å². The molecule has 3 heterocycles. The van der Waals surface area contributed by atoms with E-state index in [0.29, 0.717) is 15.7 Å². The van der Waals surface area contributed by atoms with Crippen LogP contribution in [0.2, 0.25) is 0 Å². The molecule has 7 nitrogen and oxygen atoms in total. The molecule has 1 amide bonds. The molecule has 0 bridgehead atoms. The second-order valence-electron chi connectivity index (χ2n) is 8.73. The number of aromatic nitrogens is 3. The number of pyridine rings is 1. The summed E-state index contributed by atoms with van der Waals surface area (Å²) >= 11 is 2.62. The van der Waals surface area contributed by atoms with E-state index in [4.69, 9.17) is 4.74 Å². The fraction of sp³-hybridized carbons (Fsp3) is 0.214. The Kier molecular flexibility index (Phi) is 6.99. The third-order valence-corrected chi connectivity index (χ3v) is 8.07. The van der Waals surface area contributed by atoms with E-state index in [1.54, 1.807) is 6.92 Å². The quantitative estimate of drug-likeness (QED) is 0.192. The van der Waals surface area contributed by atoms with Crippen LogP contribution in [-0.4, -0.2) is 38.8 Å². The molecule has 3 aromatic heterocycles. The first-order valence-electron chi connectivity index (χ1n) is 11.9. The van der Waals surface area contributed by atoms with Crippen molar-refractivity contribution in [3.05, 3.63) is 76.2 Å². The van der Waals surface area contributed by atoms with Crippen LogP contribution in [0.3, 0.4) is 0 Å². The standard InChI is InChI=1S/C28H26N4O3S2/c1-5-35-27(34)25-21(19-11-10-16(2)17(3)12-19)14-36-26(25)29-24(33)15-37-28-31-30-23-13-18(4)20-8-6-7-9-22(20)32(23)28/h6-14H,5,15H2,1-4H3,(H,29,33). The number of para-hydroxylation sites is 1. The molecule has 5 aromatic rings. The number of rotatable bonds is 7. The van der Waals surface area contributed by atoms with Gasteiger partial charge in [-0.05, 0) is 62.1 Å². The number of fused-ring (bicyclic) bond motifs is 3. The van der Waals surface area contributed by atoms with Crippen molar-refractivity contribution < 1.29 is 14.3 Å². The Morgan fingerprint density at radius 2 is 1.84 bits per heavy atom. The number of thiophene rings is 1. The zero-order valence-corrected chi connectivity index (χ0v) is 22.6. The maximum absolute atomic E-state index is 13.0. The van der Waals surface area contributed by atoms with Crippen LogP contribution < -0.4 is 5.32 Å². The molecule has 0 fully saturated rings. The minimum absolute atomic E-state index is 0.113. The third kappa shape index (κ3) is 4.84. The van der Waals surface area contributed by atoms with Crippen molar-refractivity contribution in [3.8, 4) is 11.1 Å². The Balaban J connectivity index is 1.40. The minimum Gasteiger partial charge on any atom is -0.462 e. The number of nitrogens with zero attached hydrogens (tertiary/aromatic N) is 3. The van der Waals surface area contributed by atoms with Gasteiger partial charge in [0.1, 0.15) is 10.6 Å². The number of nitrogens with one attached hydrogen (secondary N) is 1. The number of esters is 1. The Bertz CT molecular complexity index is 1650. The largest absolute Gasteiger partial charge is 0.462 e. The zero-order chi connectivity index (χ0) is 26.1. The average Bonchev–Trinajstić information content (AvgIpc) is 3.49. The van der Waals surface area contributed by atoms with Gasteiger partial charge in [-0.1, -0.05) is 48.2 Å². The smallest absolute Gasteiger partial charge is 0.341 e. The normalized spacial score (nSPS) is 11.2. The average molecular weight is 531 g/mol. The third-order valence-electron chi connectivity index (χ3n) is 6.25. The summed E-state index contributed by atoms with van der Waals surface area (Å²) in [7, 11) is 0. The van der Waals surface area contributed by atoms with E-state index < -0.39 is 5.97 Å². The van der Waals surface area contributed by atoms with Crippen molar-refractivity contribution in [2.24, 2.45) is 0 Å². The molecule has 0 aliphatic rings. The number of hydrogen-bond acceptors (Lipinski definition) is 7. The molecule has 0 aliphatic heterocycles. The fourth-order valence-electron chi connectivity index (χ4n) is 4.24. The van der Waals surface area contributed by atoms with Crippen LogP contribution in [0.25, 0.3) is 27.7 Å². The number of carbonyl (C=O) groups is 2. The SMILES string of the molecule is CCOC(=O)c1c(-c2ccc(C)c(C)c2)csc1NC(=O)CSc1nnc2cc(C)c3ccccc3n12. The van der Waals surface area contributed by atoms with Crippen LogP contribution in [0.4, 0.5) is 5.00 Å². The fourth-order valence-corrected chi connectivity index (χ4v) is 5.96. The molecule has 2 aromatic carbocycles. The summed E-state index contributed by atoms with van der Waals surface area (Å²) in [6.45, 7) is 8.14. The second kappa shape index (κ2) is 10.4. The zero-order valence-electron chi connectivity index (χ0n) is 21.0. The summed E-state index contributed by atoms with van der Waals surface area (Å²) in [4.78, 5) is 25.9. The topological polar surface area (TPSA) is 85.6 Å². The molecule has 188 valence electrons. The van der Waals surface area contributed by atoms with E-state index in [1.165, 1.54) is 28.7 Å². The summed E-state index contributed by atoms with van der Waals surface area (Å²) in [5.41, 5.74) is 7.19. The van der Waals surface area contributed by atoms with Crippen molar-refractivity contribution in [3.63, 3.8) is 0 Å². The number of ether oxygens (including phenoxy) is 1. The van der Waals surface area contributed by atoms with Crippen molar-refractivity contribution in [2.45, 2.75) is 32.9 Å². The summed E-state index contributed by atoms with van der Waals surface area (Å²) in [6.07, 6.45) is 0. The Morgan fingerprint density at radius 3 is 2.62 bits per heavy atom. The number of hydrogen-bond donors (Lipinski definition) is 1. The molecule has 0 aliphatic carbocycles. The highest BCUT2D eigenvalue weighted by Crippen LogP contribution is 2.37. The van der Waals surface area contributed by atoms with Gasteiger partial charge in [0.2, 0.25) is 5.91 Å². The summed E-state index contributed by atoms with van der Waals surface area (Å²) in [5, 5.41) is 15.7. The number of anilines is 1. The number of amides is 1. The highest BCUT2D eigenvalue weighted by atomic mass is 32.2. The van der Waals surface area contributed by atoms with Gasteiger partial charge < -0.3 is 10.1 Å². The molecule has 0 unspecified atom stereocenters. The lowest BCUT2D eigenvalue weighted by atomic mass is 9.99. The van der Waals surface area contributed by atoms with E-state index in [-0.39, 0.29) is 18.3 Å². The van der Waals surface area contributed by atoms with Gasteiger partial charge >= 0.3 is 5.97 Å². The first-order valence-corrected chi connectivity index (χ1v) is 13.8. The summed E-state index contributed by atoms with van der Waals surface area (Å²) in [5.74, 6) is -0.579. The maximum Gasteiger partial charge on any atom is 0.341 e. The highest BCUT2D eigenvalue weighted by Gasteiger charge is 2.23. The Hall–Kier alpha value is -3.69. The van der Waals surface area contributed by atoms with Gasteiger partial charge in [0.15, 0.2) is 10.8 Å². The first kappa shape index (κ1) is 25.0. The Morgan fingerprint density at radius 1 is 1.03 bits per heavy atom. The van der Waals surface area contributed by atoms with Gasteiger partial charge in [0.25, 0.3) is 0 Å².